The molecular weight excluding hydrogens is 514 g/mol. The maximum absolute atomic E-state index is 14.8. The number of amides is 1. The Morgan fingerprint density at radius 3 is 2.17 bits per heavy atom. The molecular formula is C21H15F8NO4S. The van der Waals surface area contributed by atoms with Crippen LogP contribution in [0.5, 0.6) is 5.75 Å². The zero-order valence-electron chi connectivity index (χ0n) is 17.4. The molecule has 1 amide bonds. The fraction of sp³-hybridized carbons (Fsp3) is 0.381. The number of anilines is 1. The monoisotopic (exact) mass is 529 g/mol. The summed E-state index contributed by atoms with van der Waals surface area (Å²) in [6.45, 7) is 0. The second kappa shape index (κ2) is 8.07. The van der Waals surface area contributed by atoms with Gasteiger partial charge < -0.3 is 9.50 Å². The topological polar surface area (TPSA) is 72.5 Å². The minimum atomic E-state index is -6.22. The summed E-state index contributed by atoms with van der Waals surface area (Å²) in [6.07, 6.45) is -1.86. The van der Waals surface area contributed by atoms with E-state index in [0.717, 1.165) is 12.1 Å². The van der Waals surface area contributed by atoms with Gasteiger partial charge in [-0.3, -0.25) is 4.79 Å². The fourth-order valence-electron chi connectivity index (χ4n) is 4.72. The van der Waals surface area contributed by atoms with Gasteiger partial charge in [-0.2, -0.15) is 21.6 Å². The zero-order valence-corrected chi connectivity index (χ0v) is 18.2. The normalized spacial score (nSPS) is 22.6. The van der Waals surface area contributed by atoms with E-state index in [9.17, 15) is 48.3 Å². The van der Waals surface area contributed by atoms with Crippen LogP contribution in [-0.4, -0.2) is 25.8 Å². The van der Waals surface area contributed by atoms with Crippen molar-refractivity contribution in [3.05, 3.63) is 58.9 Å². The molecule has 1 unspecified atom stereocenters. The summed E-state index contributed by atoms with van der Waals surface area (Å²) >= 11 is 0. The molecule has 0 saturated heterocycles. The van der Waals surface area contributed by atoms with Crippen LogP contribution in [0.4, 0.5) is 40.8 Å². The third-order valence-corrected chi connectivity index (χ3v) is 7.28. The quantitative estimate of drug-likeness (QED) is 0.327. The van der Waals surface area contributed by atoms with Gasteiger partial charge in [0.15, 0.2) is 23.2 Å². The van der Waals surface area contributed by atoms with Crippen LogP contribution in [0.25, 0.3) is 0 Å². The maximum atomic E-state index is 14.8. The summed E-state index contributed by atoms with van der Waals surface area (Å²) < 4.78 is 135. The van der Waals surface area contributed by atoms with Crippen LogP contribution < -0.4 is 9.50 Å². The summed E-state index contributed by atoms with van der Waals surface area (Å²) in [7, 11) is -6.22. The highest BCUT2D eigenvalue weighted by Gasteiger charge is 2.57. The number of alkyl halides is 5. The van der Waals surface area contributed by atoms with Gasteiger partial charge in [-0.05, 0) is 48.1 Å². The number of halogens is 8. The number of rotatable bonds is 4. The van der Waals surface area contributed by atoms with Gasteiger partial charge >= 0.3 is 15.6 Å². The van der Waals surface area contributed by atoms with Crippen LogP contribution in [0.15, 0.2) is 30.3 Å². The smallest absolute Gasteiger partial charge is 0.373 e. The van der Waals surface area contributed by atoms with Crippen molar-refractivity contribution in [2.24, 2.45) is 5.92 Å². The third kappa shape index (κ3) is 4.00. The molecule has 190 valence electrons. The average molecular weight is 529 g/mol. The Hall–Kier alpha value is -2.90. The molecule has 5 nitrogen and oxygen atoms in total. The molecule has 1 atom stereocenters. The second-order valence-electron chi connectivity index (χ2n) is 8.30. The summed E-state index contributed by atoms with van der Waals surface area (Å²) in [4.78, 5) is 13.2. The Bertz CT molecular complexity index is 1300. The largest absolute Gasteiger partial charge is 0.534 e. The second-order valence-corrected chi connectivity index (χ2v) is 9.84. The van der Waals surface area contributed by atoms with Crippen LogP contribution in [0.2, 0.25) is 0 Å². The van der Waals surface area contributed by atoms with E-state index in [1.807, 2.05) is 0 Å². The van der Waals surface area contributed by atoms with E-state index in [2.05, 4.69) is 9.50 Å². The summed E-state index contributed by atoms with van der Waals surface area (Å²) in [5.74, 6) is -10.7. The number of hydrogen-bond acceptors (Lipinski definition) is 4. The molecule has 2 aromatic rings. The Labute approximate surface area is 193 Å². The maximum Gasteiger partial charge on any atom is 0.534 e. The molecule has 0 spiro atoms. The Kier molecular flexibility index (Phi) is 5.81. The van der Waals surface area contributed by atoms with E-state index < -0.39 is 80.5 Å². The van der Waals surface area contributed by atoms with Crippen molar-refractivity contribution in [3.8, 4) is 5.75 Å². The minimum absolute atomic E-state index is 0.174. The molecule has 1 aliphatic heterocycles. The number of benzene rings is 2. The molecule has 1 fully saturated rings. The summed E-state index contributed by atoms with van der Waals surface area (Å²) in [5.41, 5.74) is -8.90. The first-order valence-electron chi connectivity index (χ1n) is 10.1. The van der Waals surface area contributed by atoms with Crippen molar-refractivity contribution in [1.29, 1.82) is 0 Å². The van der Waals surface area contributed by atoms with E-state index in [1.54, 1.807) is 0 Å². The number of fused-ring (bicyclic) bond motifs is 1. The highest BCUT2D eigenvalue weighted by atomic mass is 32.2. The lowest BCUT2D eigenvalue weighted by atomic mass is 9.61. The molecule has 0 bridgehead atoms. The summed E-state index contributed by atoms with van der Waals surface area (Å²) in [5, 5.41) is 2.17. The highest BCUT2D eigenvalue weighted by molar-refractivity contribution is 7.88. The SMILES string of the molecule is O=C1Nc2c(ccc(F)c2F)C1(c1ccc(OS(=O)(=O)C(F)(F)F)c(F)c1)C1CCC(F)(F)CC1. The molecule has 0 radical (unpaired) electrons. The first-order valence-corrected chi connectivity index (χ1v) is 11.5. The molecule has 1 saturated carbocycles. The van der Waals surface area contributed by atoms with E-state index in [-0.39, 0.29) is 24.0 Å². The molecule has 35 heavy (non-hydrogen) atoms. The van der Waals surface area contributed by atoms with Crippen molar-refractivity contribution < 1.29 is 52.5 Å². The number of carbonyl (C=O) groups is 1. The number of nitrogens with one attached hydrogen (secondary N) is 1. The molecule has 14 heteroatoms. The van der Waals surface area contributed by atoms with E-state index in [4.69, 9.17) is 0 Å². The lowest BCUT2D eigenvalue weighted by Crippen LogP contribution is -2.45. The molecule has 1 N–H and O–H groups in total. The van der Waals surface area contributed by atoms with Gasteiger partial charge in [0, 0.05) is 12.8 Å². The van der Waals surface area contributed by atoms with Crippen molar-refractivity contribution >= 4 is 21.7 Å². The lowest BCUT2D eigenvalue weighted by Gasteiger charge is -2.40. The molecule has 1 heterocycles. The lowest BCUT2D eigenvalue weighted by molar-refractivity contribution is -0.123. The number of hydrogen-bond donors (Lipinski definition) is 1. The summed E-state index contributed by atoms with van der Waals surface area (Å²) in [6, 6.07) is 3.66. The van der Waals surface area contributed by atoms with Crippen molar-refractivity contribution in [2.75, 3.05) is 5.32 Å². The first kappa shape index (κ1) is 25.2. The molecule has 0 aromatic heterocycles. The predicted octanol–water partition coefficient (Wildman–Crippen LogP) is 5.40. The molecule has 2 aromatic carbocycles. The molecule has 2 aliphatic rings. The first-order chi connectivity index (χ1) is 16.1. The Morgan fingerprint density at radius 2 is 1.60 bits per heavy atom. The Morgan fingerprint density at radius 1 is 0.971 bits per heavy atom. The van der Waals surface area contributed by atoms with Crippen LogP contribution in [0, 0.1) is 23.4 Å². The molecule has 4 rings (SSSR count). The van der Waals surface area contributed by atoms with Crippen LogP contribution in [0.1, 0.15) is 36.8 Å². The van der Waals surface area contributed by atoms with Gasteiger partial charge in [0.25, 0.3) is 0 Å². The number of carbonyl (C=O) groups excluding carboxylic acids is 1. The van der Waals surface area contributed by atoms with E-state index >= 15 is 0 Å². The standard InChI is InChI=1S/C21H15F8NO4S/c22-13-3-2-12-17(16(13)24)30-18(31)20(12,10-5-7-19(25,26)8-6-10)11-1-4-15(14(23)9-11)34-35(32,33)21(27,28)29/h1-4,9-10H,5-8H2,(H,30,31). The van der Waals surface area contributed by atoms with Gasteiger partial charge in [0.05, 0.1) is 5.69 Å². The van der Waals surface area contributed by atoms with Crippen LogP contribution in [-0.2, 0) is 20.3 Å². The van der Waals surface area contributed by atoms with Gasteiger partial charge in [0.1, 0.15) is 5.41 Å². The van der Waals surface area contributed by atoms with Gasteiger partial charge in [-0.1, -0.05) is 12.1 Å². The zero-order chi connectivity index (χ0) is 26.0. The van der Waals surface area contributed by atoms with E-state index in [0.29, 0.717) is 18.2 Å². The average Bonchev–Trinajstić information content (AvgIpc) is 3.05. The van der Waals surface area contributed by atoms with Crippen LogP contribution in [0.3, 0.4) is 0 Å². The van der Waals surface area contributed by atoms with E-state index in [1.165, 1.54) is 0 Å². The van der Waals surface area contributed by atoms with Crippen molar-refractivity contribution in [3.63, 3.8) is 0 Å². The molecule has 1 aliphatic carbocycles. The van der Waals surface area contributed by atoms with Gasteiger partial charge in [-0.15, -0.1) is 0 Å². The highest BCUT2D eigenvalue weighted by Crippen LogP contribution is 2.54. The predicted molar refractivity (Wildman–Crippen MR) is 105 cm³/mol. The third-order valence-electron chi connectivity index (χ3n) is 6.32. The van der Waals surface area contributed by atoms with Crippen molar-refractivity contribution in [1.82, 2.24) is 0 Å². The van der Waals surface area contributed by atoms with Crippen LogP contribution >= 0.6 is 0 Å². The van der Waals surface area contributed by atoms with Gasteiger partial charge in [0.2, 0.25) is 11.8 Å². The minimum Gasteiger partial charge on any atom is -0.373 e. The Balaban J connectivity index is 1.87. The van der Waals surface area contributed by atoms with Crippen molar-refractivity contribution in [2.45, 2.75) is 42.5 Å². The fourth-order valence-corrected chi connectivity index (χ4v) is 5.18. The van der Waals surface area contributed by atoms with Gasteiger partial charge in [-0.25, -0.2) is 22.0 Å².